The third-order valence-electron chi connectivity index (χ3n) is 3.16. The first-order valence-corrected chi connectivity index (χ1v) is 7.06. The number of hydrogen-bond donors (Lipinski definition) is 1. The average Bonchev–Trinajstić information content (AvgIpc) is 3.17. The highest BCUT2D eigenvalue weighted by Gasteiger charge is 2.30. The van der Waals surface area contributed by atoms with Gasteiger partial charge in [-0.25, -0.2) is 9.97 Å². The maximum atomic E-state index is 4.70. The van der Waals surface area contributed by atoms with Crippen LogP contribution in [0.1, 0.15) is 44.5 Å². The van der Waals surface area contributed by atoms with E-state index in [1.54, 1.807) is 0 Å². The molecular weight excluding hydrogens is 224 g/mol. The molecule has 0 atom stereocenters. The molecule has 1 fully saturated rings. The van der Waals surface area contributed by atoms with Crippen molar-refractivity contribution in [1.29, 1.82) is 0 Å². The third-order valence-corrected chi connectivity index (χ3v) is 3.16. The number of aromatic nitrogens is 2. The molecule has 1 N–H and O–H groups in total. The van der Waals surface area contributed by atoms with E-state index < -0.39 is 0 Å². The molecule has 4 nitrogen and oxygen atoms in total. The van der Waals surface area contributed by atoms with Crippen molar-refractivity contribution in [2.75, 3.05) is 18.0 Å². The first kappa shape index (κ1) is 13.3. The van der Waals surface area contributed by atoms with E-state index in [2.05, 4.69) is 42.0 Å². The molecule has 1 aromatic heterocycles. The van der Waals surface area contributed by atoms with Gasteiger partial charge in [0.25, 0.3) is 0 Å². The van der Waals surface area contributed by atoms with Gasteiger partial charge in [0.05, 0.1) is 5.69 Å². The summed E-state index contributed by atoms with van der Waals surface area (Å²) in [4.78, 5) is 11.7. The highest BCUT2D eigenvalue weighted by Crippen LogP contribution is 2.30. The van der Waals surface area contributed by atoms with Crippen molar-refractivity contribution in [3.05, 3.63) is 17.5 Å². The van der Waals surface area contributed by atoms with Gasteiger partial charge in [0.2, 0.25) is 5.95 Å². The summed E-state index contributed by atoms with van der Waals surface area (Å²) in [6.45, 7) is 9.25. The van der Waals surface area contributed by atoms with Crippen molar-refractivity contribution in [3.63, 3.8) is 0 Å². The van der Waals surface area contributed by atoms with Gasteiger partial charge in [-0.05, 0) is 38.8 Å². The molecule has 18 heavy (non-hydrogen) atoms. The topological polar surface area (TPSA) is 41.1 Å². The van der Waals surface area contributed by atoms with Crippen molar-refractivity contribution in [2.24, 2.45) is 0 Å². The third kappa shape index (κ3) is 3.42. The zero-order valence-electron chi connectivity index (χ0n) is 11.7. The summed E-state index contributed by atoms with van der Waals surface area (Å²) in [7, 11) is 0. The van der Waals surface area contributed by atoms with Crippen LogP contribution in [0.15, 0.2) is 6.07 Å². The van der Waals surface area contributed by atoms with E-state index in [4.69, 9.17) is 4.98 Å². The Morgan fingerprint density at radius 1 is 1.33 bits per heavy atom. The number of anilines is 1. The minimum Gasteiger partial charge on any atom is -0.338 e. The van der Waals surface area contributed by atoms with Crippen molar-refractivity contribution >= 4 is 5.95 Å². The van der Waals surface area contributed by atoms with Crippen molar-refractivity contribution in [1.82, 2.24) is 15.3 Å². The Bertz CT molecular complexity index is 387. The van der Waals surface area contributed by atoms with Crippen LogP contribution in [0.25, 0.3) is 0 Å². The monoisotopic (exact) mass is 248 g/mol. The van der Waals surface area contributed by atoms with Crippen LogP contribution in [0.4, 0.5) is 5.95 Å². The summed E-state index contributed by atoms with van der Waals surface area (Å²) in [5.41, 5.74) is 2.16. The zero-order valence-corrected chi connectivity index (χ0v) is 11.7. The van der Waals surface area contributed by atoms with Crippen LogP contribution >= 0.6 is 0 Å². The molecule has 1 aliphatic carbocycles. The SMILES string of the molecule is CCCN(c1nc(C)cc(CNCC)n1)C1CC1. The van der Waals surface area contributed by atoms with E-state index in [-0.39, 0.29) is 0 Å². The van der Waals surface area contributed by atoms with Gasteiger partial charge < -0.3 is 10.2 Å². The van der Waals surface area contributed by atoms with E-state index in [1.807, 2.05) is 0 Å². The average molecular weight is 248 g/mol. The van der Waals surface area contributed by atoms with Crippen LogP contribution < -0.4 is 10.2 Å². The number of aryl methyl sites for hydroxylation is 1. The Morgan fingerprint density at radius 3 is 2.72 bits per heavy atom. The van der Waals surface area contributed by atoms with Gasteiger partial charge in [-0.3, -0.25) is 0 Å². The molecule has 0 bridgehead atoms. The summed E-state index contributed by atoms with van der Waals surface area (Å²) >= 11 is 0. The molecule has 1 heterocycles. The van der Waals surface area contributed by atoms with Gasteiger partial charge in [-0.1, -0.05) is 13.8 Å². The number of hydrogen-bond acceptors (Lipinski definition) is 4. The Labute approximate surface area is 110 Å². The lowest BCUT2D eigenvalue weighted by Crippen LogP contribution is -2.29. The lowest BCUT2D eigenvalue weighted by atomic mass is 10.3. The minimum absolute atomic E-state index is 0.679. The van der Waals surface area contributed by atoms with E-state index in [0.29, 0.717) is 6.04 Å². The first-order chi connectivity index (χ1) is 8.74. The second-order valence-corrected chi connectivity index (χ2v) is 5.01. The maximum Gasteiger partial charge on any atom is 0.226 e. The number of rotatable bonds is 7. The molecular formula is C14H24N4. The second-order valence-electron chi connectivity index (χ2n) is 5.01. The molecule has 0 aliphatic heterocycles. The van der Waals surface area contributed by atoms with Crippen LogP contribution in [0.5, 0.6) is 0 Å². The highest BCUT2D eigenvalue weighted by atomic mass is 15.3. The van der Waals surface area contributed by atoms with Crippen molar-refractivity contribution in [2.45, 2.75) is 52.6 Å². The van der Waals surface area contributed by atoms with Crippen LogP contribution in [0.3, 0.4) is 0 Å². The fourth-order valence-electron chi connectivity index (χ4n) is 2.16. The highest BCUT2D eigenvalue weighted by molar-refractivity contribution is 5.36. The molecule has 0 amide bonds. The Hall–Kier alpha value is -1.16. The van der Waals surface area contributed by atoms with Gasteiger partial charge in [0.15, 0.2) is 0 Å². The van der Waals surface area contributed by atoms with Gasteiger partial charge >= 0.3 is 0 Å². The molecule has 0 aromatic carbocycles. The molecule has 1 saturated carbocycles. The summed E-state index contributed by atoms with van der Waals surface area (Å²) < 4.78 is 0. The van der Waals surface area contributed by atoms with Gasteiger partial charge in [0, 0.05) is 24.8 Å². The number of nitrogens with one attached hydrogen (secondary N) is 1. The molecule has 100 valence electrons. The van der Waals surface area contributed by atoms with Crippen LogP contribution in [-0.2, 0) is 6.54 Å². The number of nitrogens with zero attached hydrogens (tertiary/aromatic N) is 3. The maximum absolute atomic E-state index is 4.70. The Kier molecular flexibility index (Phi) is 4.53. The summed E-state index contributed by atoms with van der Waals surface area (Å²) in [5, 5.41) is 3.33. The largest absolute Gasteiger partial charge is 0.338 e. The molecule has 1 aromatic rings. The quantitative estimate of drug-likeness (QED) is 0.803. The predicted octanol–water partition coefficient (Wildman–Crippen LogP) is 2.27. The Balaban J connectivity index is 2.16. The fourth-order valence-corrected chi connectivity index (χ4v) is 2.16. The van der Waals surface area contributed by atoms with Crippen LogP contribution in [-0.4, -0.2) is 29.1 Å². The van der Waals surface area contributed by atoms with Crippen molar-refractivity contribution < 1.29 is 0 Å². The fraction of sp³-hybridized carbons (Fsp3) is 0.714. The lowest BCUT2D eigenvalue weighted by Gasteiger charge is -2.22. The van der Waals surface area contributed by atoms with E-state index >= 15 is 0 Å². The minimum atomic E-state index is 0.679. The van der Waals surface area contributed by atoms with E-state index in [1.165, 1.54) is 12.8 Å². The van der Waals surface area contributed by atoms with Gasteiger partial charge in [-0.2, -0.15) is 0 Å². The van der Waals surface area contributed by atoms with E-state index in [0.717, 1.165) is 43.4 Å². The van der Waals surface area contributed by atoms with Crippen LogP contribution in [0, 0.1) is 6.92 Å². The predicted molar refractivity (Wildman–Crippen MR) is 74.8 cm³/mol. The smallest absolute Gasteiger partial charge is 0.226 e. The molecule has 2 rings (SSSR count). The van der Waals surface area contributed by atoms with Crippen molar-refractivity contribution in [3.8, 4) is 0 Å². The zero-order chi connectivity index (χ0) is 13.0. The summed E-state index contributed by atoms with van der Waals surface area (Å²) in [5.74, 6) is 0.923. The standard InChI is InChI=1S/C14H24N4/c1-4-8-18(13-6-7-13)14-16-11(3)9-12(17-14)10-15-5-2/h9,13,15H,4-8,10H2,1-3H3. The molecule has 0 unspecified atom stereocenters. The molecule has 0 radical (unpaired) electrons. The van der Waals surface area contributed by atoms with E-state index in [9.17, 15) is 0 Å². The summed E-state index contributed by atoms with van der Waals surface area (Å²) in [6, 6.07) is 2.75. The Morgan fingerprint density at radius 2 is 2.11 bits per heavy atom. The summed E-state index contributed by atoms with van der Waals surface area (Å²) in [6.07, 6.45) is 3.73. The molecule has 1 aliphatic rings. The van der Waals surface area contributed by atoms with Gasteiger partial charge in [-0.15, -0.1) is 0 Å². The first-order valence-electron chi connectivity index (χ1n) is 7.06. The normalized spacial score (nSPS) is 14.8. The molecule has 4 heteroatoms. The molecule has 0 saturated heterocycles. The second kappa shape index (κ2) is 6.14. The lowest BCUT2D eigenvalue weighted by molar-refractivity contribution is 0.690. The van der Waals surface area contributed by atoms with Gasteiger partial charge in [0.1, 0.15) is 0 Å². The van der Waals surface area contributed by atoms with Crippen LogP contribution in [0.2, 0.25) is 0 Å². The molecule has 0 spiro atoms.